The first-order valence-corrected chi connectivity index (χ1v) is 8.93. The number of aromatic nitrogens is 2. The predicted molar refractivity (Wildman–Crippen MR) is 94.1 cm³/mol. The van der Waals surface area contributed by atoms with Crippen LogP contribution in [0, 0.1) is 17.6 Å². The Morgan fingerprint density at radius 2 is 1.96 bits per heavy atom. The zero-order valence-corrected chi connectivity index (χ0v) is 14.7. The van der Waals surface area contributed by atoms with Crippen LogP contribution >= 0.6 is 0 Å². The third-order valence-corrected chi connectivity index (χ3v) is 5.51. The van der Waals surface area contributed by atoms with Crippen molar-refractivity contribution in [2.24, 2.45) is 5.92 Å². The molecule has 0 spiro atoms. The number of hydrogen-bond donors (Lipinski definition) is 0. The molecule has 0 aliphatic carbocycles. The Balaban J connectivity index is 1.51. The van der Waals surface area contributed by atoms with Crippen LogP contribution in [0.5, 0.6) is 5.88 Å². The Morgan fingerprint density at radius 3 is 2.77 bits per heavy atom. The molecule has 2 aliphatic heterocycles. The quantitative estimate of drug-likeness (QED) is 0.839. The molecule has 3 heterocycles. The first-order chi connectivity index (χ1) is 12.7. The molecule has 5 nitrogen and oxygen atoms in total. The zero-order chi connectivity index (χ0) is 18.1. The number of rotatable bonds is 4. The van der Waals surface area contributed by atoms with Crippen molar-refractivity contribution in [3.8, 4) is 5.88 Å². The average Bonchev–Trinajstić information content (AvgIpc) is 3.06. The van der Waals surface area contributed by atoms with Crippen LogP contribution in [0.15, 0.2) is 30.6 Å². The number of methoxy groups -OCH3 is 1. The van der Waals surface area contributed by atoms with Crippen molar-refractivity contribution in [3.05, 3.63) is 47.8 Å². The van der Waals surface area contributed by atoms with E-state index in [0.717, 1.165) is 44.4 Å². The highest BCUT2D eigenvalue weighted by atomic mass is 19.1. The fourth-order valence-electron chi connectivity index (χ4n) is 4.16. The van der Waals surface area contributed by atoms with E-state index in [4.69, 9.17) is 4.74 Å². The van der Waals surface area contributed by atoms with Gasteiger partial charge in [0.05, 0.1) is 7.11 Å². The van der Waals surface area contributed by atoms with E-state index in [9.17, 15) is 8.78 Å². The molecular formula is C19H22F2N4O. The summed E-state index contributed by atoms with van der Waals surface area (Å²) >= 11 is 0. The van der Waals surface area contributed by atoms with Gasteiger partial charge < -0.3 is 9.64 Å². The van der Waals surface area contributed by atoms with Gasteiger partial charge in [0.25, 0.3) is 5.88 Å². The number of ether oxygens (including phenoxy) is 1. The van der Waals surface area contributed by atoms with Crippen LogP contribution in [-0.4, -0.2) is 47.7 Å². The van der Waals surface area contributed by atoms with Gasteiger partial charge in [-0.3, -0.25) is 4.90 Å². The maximum Gasteiger partial charge on any atom is 0.257 e. The van der Waals surface area contributed by atoms with Gasteiger partial charge in [-0.05, 0) is 31.4 Å². The van der Waals surface area contributed by atoms with E-state index in [1.807, 2.05) is 0 Å². The SMILES string of the molecule is COc1nccnc1N1CCC2CCN(Cc3ccc(F)cc3F)C2C1. The molecule has 2 aliphatic rings. The highest BCUT2D eigenvalue weighted by Gasteiger charge is 2.39. The third kappa shape index (κ3) is 3.23. The van der Waals surface area contributed by atoms with Crippen molar-refractivity contribution in [2.75, 3.05) is 31.6 Å². The minimum Gasteiger partial charge on any atom is -0.478 e. The van der Waals surface area contributed by atoms with Crippen LogP contribution in [0.2, 0.25) is 0 Å². The van der Waals surface area contributed by atoms with Gasteiger partial charge in [-0.1, -0.05) is 6.07 Å². The fourth-order valence-corrected chi connectivity index (χ4v) is 4.16. The van der Waals surface area contributed by atoms with Crippen LogP contribution in [0.1, 0.15) is 18.4 Å². The normalized spacial score (nSPS) is 23.1. The molecule has 0 N–H and O–H groups in total. The van der Waals surface area contributed by atoms with Crippen molar-refractivity contribution < 1.29 is 13.5 Å². The Hall–Kier alpha value is -2.28. The van der Waals surface area contributed by atoms with Gasteiger partial charge in [0.2, 0.25) is 0 Å². The number of likely N-dealkylation sites (tertiary alicyclic amines) is 1. The second kappa shape index (κ2) is 7.15. The largest absolute Gasteiger partial charge is 0.478 e. The lowest BCUT2D eigenvalue weighted by atomic mass is 9.92. The number of anilines is 1. The summed E-state index contributed by atoms with van der Waals surface area (Å²) in [5.41, 5.74) is 0.543. The molecule has 0 radical (unpaired) electrons. The lowest BCUT2D eigenvalue weighted by Crippen LogP contribution is -2.48. The lowest BCUT2D eigenvalue weighted by molar-refractivity contribution is 0.197. The number of benzene rings is 1. The summed E-state index contributed by atoms with van der Waals surface area (Å²) in [7, 11) is 1.60. The summed E-state index contributed by atoms with van der Waals surface area (Å²) in [6.07, 6.45) is 5.46. The topological polar surface area (TPSA) is 41.5 Å². The first-order valence-electron chi connectivity index (χ1n) is 8.93. The lowest BCUT2D eigenvalue weighted by Gasteiger charge is -2.39. The average molecular weight is 360 g/mol. The first kappa shape index (κ1) is 17.1. The zero-order valence-electron chi connectivity index (χ0n) is 14.7. The molecule has 26 heavy (non-hydrogen) atoms. The van der Waals surface area contributed by atoms with Crippen LogP contribution in [0.4, 0.5) is 14.6 Å². The van der Waals surface area contributed by atoms with Crippen LogP contribution < -0.4 is 9.64 Å². The van der Waals surface area contributed by atoms with Gasteiger partial charge in [0.15, 0.2) is 5.82 Å². The Kier molecular flexibility index (Phi) is 4.72. The summed E-state index contributed by atoms with van der Waals surface area (Å²) in [5, 5.41) is 0. The molecule has 4 rings (SSSR count). The smallest absolute Gasteiger partial charge is 0.257 e. The molecule has 0 saturated carbocycles. The number of hydrogen-bond acceptors (Lipinski definition) is 5. The summed E-state index contributed by atoms with van der Waals surface area (Å²) in [4.78, 5) is 13.2. The number of fused-ring (bicyclic) bond motifs is 1. The fraction of sp³-hybridized carbons (Fsp3) is 0.474. The van der Waals surface area contributed by atoms with Gasteiger partial charge in [0, 0.05) is 49.7 Å². The van der Waals surface area contributed by atoms with Gasteiger partial charge in [-0.2, -0.15) is 0 Å². The maximum absolute atomic E-state index is 14.1. The van der Waals surface area contributed by atoms with Gasteiger partial charge in [-0.15, -0.1) is 0 Å². The monoisotopic (exact) mass is 360 g/mol. The van der Waals surface area contributed by atoms with E-state index < -0.39 is 11.6 Å². The molecule has 2 fully saturated rings. The standard InChI is InChI=1S/C19H22F2N4O/c1-26-19-18(22-6-7-23-19)25-9-5-13-4-8-24(17(13)12-25)11-14-2-3-15(20)10-16(14)21/h2-3,6-7,10,13,17H,4-5,8-9,11-12H2,1H3. The van der Waals surface area contributed by atoms with E-state index in [-0.39, 0.29) is 0 Å². The van der Waals surface area contributed by atoms with E-state index in [0.29, 0.717) is 29.9 Å². The van der Waals surface area contributed by atoms with E-state index in [2.05, 4.69) is 19.8 Å². The van der Waals surface area contributed by atoms with Crippen molar-refractivity contribution in [3.63, 3.8) is 0 Å². The molecule has 1 aromatic heterocycles. The molecular weight excluding hydrogens is 338 g/mol. The second-order valence-corrected chi connectivity index (χ2v) is 6.95. The van der Waals surface area contributed by atoms with Gasteiger partial charge >= 0.3 is 0 Å². The molecule has 138 valence electrons. The van der Waals surface area contributed by atoms with Gasteiger partial charge in [-0.25, -0.2) is 18.7 Å². The number of nitrogens with zero attached hydrogens (tertiary/aromatic N) is 4. The molecule has 2 saturated heterocycles. The second-order valence-electron chi connectivity index (χ2n) is 6.95. The molecule has 2 atom stereocenters. The predicted octanol–water partition coefficient (Wildman–Crippen LogP) is 2.86. The highest BCUT2D eigenvalue weighted by Crippen LogP contribution is 2.35. The highest BCUT2D eigenvalue weighted by molar-refractivity contribution is 5.48. The van der Waals surface area contributed by atoms with E-state index in [1.54, 1.807) is 25.6 Å². The van der Waals surface area contributed by atoms with Crippen molar-refractivity contribution >= 4 is 5.82 Å². The van der Waals surface area contributed by atoms with Gasteiger partial charge in [0.1, 0.15) is 11.6 Å². The summed E-state index contributed by atoms with van der Waals surface area (Å²) in [6, 6.07) is 4.15. The van der Waals surface area contributed by atoms with E-state index >= 15 is 0 Å². The van der Waals surface area contributed by atoms with Crippen molar-refractivity contribution in [1.29, 1.82) is 0 Å². The molecule has 0 amide bonds. The number of piperidine rings is 1. The number of halogens is 2. The van der Waals surface area contributed by atoms with Crippen molar-refractivity contribution in [2.45, 2.75) is 25.4 Å². The van der Waals surface area contributed by atoms with Crippen LogP contribution in [-0.2, 0) is 6.54 Å². The minimum atomic E-state index is -0.538. The van der Waals surface area contributed by atoms with Crippen molar-refractivity contribution in [1.82, 2.24) is 14.9 Å². The summed E-state index contributed by atoms with van der Waals surface area (Å²) < 4.78 is 32.6. The maximum atomic E-state index is 14.1. The Labute approximate surface area is 151 Å². The summed E-state index contributed by atoms with van der Waals surface area (Å²) in [6.45, 7) is 3.15. The summed E-state index contributed by atoms with van der Waals surface area (Å²) in [5.74, 6) is 0.867. The molecule has 1 aromatic carbocycles. The molecule has 2 aromatic rings. The van der Waals surface area contributed by atoms with E-state index in [1.165, 1.54) is 6.07 Å². The molecule has 0 bridgehead atoms. The molecule has 2 unspecified atom stereocenters. The van der Waals surface area contributed by atoms with Crippen LogP contribution in [0.3, 0.4) is 0 Å². The Bertz CT molecular complexity index is 788. The third-order valence-electron chi connectivity index (χ3n) is 5.51. The minimum absolute atomic E-state index is 0.319. The Morgan fingerprint density at radius 1 is 1.15 bits per heavy atom. The molecule has 7 heteroatoms. The van der Waals surface area contributed by atoms with Crippen LogP contribution in [0.25, 0.3) is 0 Å².